The molecule has 1 heterocycles. The SMILES string of the molecule is O=C=C1CCCNC1. The summed E-state index contributed by atoms with van der Waals surface area (Å²) in [5.41, 5.74) is 0.885. The van der Waals surface area contributed by atoms with Crippen LogP contribution in [0.15, 0.2) is 5.57 Å². The van der Waals surface area contributed by atoms with E-state index in [0.717, 1.165) is 31.5 Å². The molecule has 1 aliphatic rings. The minimum atomic E-state index is 0.753. The molecule has 0 amide bonds. The molecular formula is C6H9NO. The Morgan fingerprint density at radius 2 is 2.50 bits per heavy atom. The fourth-order valence-corrected chi connectivity index (χ4v) is 0.842. The van der Waals surface area contributed by atoms with Gasteiger partial charge in [0.15, 0.2) is 0 Å². The van der Waals surface area contributed by atoms with Crippen LogP contribution in [0.3, 0.4) is 0 Å². The van der Waals surface area contributed by atoms with Gasteiger partial charge in [0.25, 0.3) is 0 Å². The molecule has 0 aliphatic carbocycles. The Labute approximate surface area is 48.6 Å². The van der Waals surface area contributed by atoms with Gasteiger partial charge in [-0.25, -0.2) is 4.79 Å². The van der Waals surface area contributed by atoms with Crippen LogP contribution in [-0.4, -0.2) is 19.0 Å². The summed E-state index contributed by atoms with van der Waals surface area (Å²) in [5.74, 6) is 1.91. The summed E-state index contributed by atoms with van der Waals surface area (Å²) in [7, 11) is 0. The predicted octanol–water partition coefficient (Wildman–Crippen LogP) is 0.128. The highest BCUT2D eigenvalue weighted by molar-refractivity contribution is 5.53. The predicted molar refractivity (Wildman–Crippen MR) is 31.3 cm³/mol. The molecule has 1 aliphatic heterocycles. The quantitative estimate of drug-likeness (QED) is 0.450. The van der Waals surface area contributed by atoms with Gasteiger partial charge in [0, 0.05) is 12.1 Å². The monoisotopic (exact) mass is 111 g/mol. The molecule has 1 N–H and O–H groups in total. The number of piperidine rings is 1. The molecule has 0 aromatic rings. The van der Waals surface area contributed by atoms with E-state index in [9.17, 15) is 4.79 Å². The molecule has 1 rings (SSSR count). The van der Waals surface area contributed by atoms with E-state index in [4.69, 9.17) is 0 Å². The zero-order valence-electron chi connectivity index (χ0n) is 4.74. The molecule has 0 radical (unpaired) electrons. The largest absolute Gasteiger partial charge is 0.312 e. The summed E-state index contributed by atoms with van der Waals surface area (Å²) in [6, 6.07) is 0. The highest BCUT2D eigenvalue weighted by atomic mass is 16.1. The molecule has 1 fully saturated rings. The molecule has 0 aromatic heterocycles. The topological polar surface area (TPSA) is 29.1 Å². The van der Waals surface area contributed by atoms with Crippen LogP contribution in [0.2, 0.25) is 0 Å². The van der Waals surface area contributed by atoms with Crippen molar-refractivity contribution in [1.29, 1.82) is 0 Å². The first-order valence-corrected chi connectivity index (χ1v) is 2.87. The van der Waals surface area contributed by atoms with Gasteiger partial charge in [-0.2, -0.15) is 0 Å². The summed E-state index contributed by atoms with van der Waals surface area (Å²) in [5, 5.41) is 3.09. The highest BCUT2D eigenvalue weighted by Crippen LogP contribution is 2.02. The van der Waals surface area contributed by atoms with Crippen molar-refractivity contribution in [3.05, 3.63) is 5.57 Å². The molecule has 0 spiro atoms. The fourth-order valence-electron chi connectivity index (χ4n) is 0.842. The third-order valence-corrected chi connectivity index (χ3v) is 1.31. The van der Waals surface area contributed by atoms with Crippen molar-refractivity contribution in [2.75, 3.05) is 13.1 Å². The minimum Gasteiger partial charge on any atom is -0.312 e. The first-order valence-electron chi connectivity index (χ1n) is 2.87. The van der Waals surface area contributed by atoms with Gasteiger partial charge in [0.2, 0.25) is 0 Å². The lowest BCUT2D eigenvalue weighted by molar-refractivity contribution is 0.555. The second-order valence-electron chi connectivity index (χ2n) is 1.99. The van der Waals surface area contributed by atoms with Crippen LogP contribution in [0.1, 0.15) is 12.8 Å². The van der Waals surface area contributed by atoms with Crippen molar-refractivity contribution in [3.8, 4) is 0 Å². The molecule has 2 nitrogen and oxygen atoms in total. The molecule has 0 atom stereocenters. The number of nitrogens with one attached hydrogen (secondary N) is 1. The molecule has 2 heteroatoms. The van der Waals surface area contributed by atoms with E-state index < -0.39 is 0 Å². The van der Waals surface area contributed by atoms with E-state index >= 15 is 0 Å². The molecule has 0 unspecified atom stereocenters. The fraction of sp³-hybridized carbons (Fsp3) is 0.667. The van der Waals surface area contributed by atoms with Gasteiger partial charge in [0.05, 0.1) is 0 Å². The molecule has 44 valence electrons. The van der Waals surface area contributed by atoms with Crippen molar-refractivity contribution in [2.24, 2.45) is 0 Å². The van der Waals surface area contributed by atoms with Crippen LogP contribution in [0, 0.1) is 0 Å². The Morgan fingerprint density at radius 1 is 1.62 bits per heavy atom. The Kier molecular flexibility index (Phi) is 1.84. The zero-order valence-corrected chi connectivity index (χ0v) is 4.74. The Hall–Kier alpha value is -0.590. The van der Waals surface area contributed by atoms with Crippen LogP contribution < -0.4 is 5.32 Å². The van der Waals surface area contributed by atoms with Crippen LogP contribution in [0.25, 0.3) is 0 Å². The number of rotatable bonds is 0. The van der Waals surface area contributed by atoms with E-state index in [0.29, 0.717) is 0 Å². The molecule has 0 bridgehead atoms. The maximum absolute atomic E-state index is 9.96. The molecule has 1 saturated heterocycles. The van der Waals surface area contributed by atoms with Crippen LogP contribution in [0.5, 0.6) is 0 Å². The third kappa shape index (κ3) is 1.19. The lowest BCUT2D eigenvalue weighted by Gasteiger charge is -2.10. The lowest BCUT2D eigenvalue weighted by Crippen LogP contribution is -2.23. The number of hydrogen-bond donors (Lipinski definition) is 1. The summed E-state index contributed by atoms with van der Waals surface area (Å²) in [6.45, 7) is 1.80. The summed E-state index contributed by atoms with van der Waals surface area (Å²) in [6.07, 6.45) is 2.03. The molecular weight excluding hydrogens is 102 g/mol. The van der Waals surface area contributed by atoms with Crippen LogP contribution in [-0.2, 0) is 4.79 Å². The normalized spacial score (nSPS) is 20.2. The Bertz CT molecular complexity index is 116. The molecule has 8 heavy (non-hydrogen) atoms. The van der Waals surface area contributed by atoms with Gasteiger partial charge < -0.3 is 5.32 Å². The smallest absolute Gasteiger partial charge is 0.124 e. The van der Waals surface area contributed by atoms with E-state index in [-0.39, 0.29) is 0 Å². The second kappa shape index (κ2) is 2.65. The standard InChI is InChI=1S/C6H9NO/c8-5-6-2-1-3-7-4-6/h7H,1-4H2. The maximum atomic E-state index is 9.96. The molecule has 0 saturated carbocycles. The van der Waals surface area contributed by atoms with E-state index in [1.165, 1.54) is 0 Å². The van der Waals surface area contributed by atoms with Gasteiger partial charge >= 0.3 is 0 Å². The van der Waals surface area contributed by atoms with Gasteiger partial charge in [-0.15, -0.1) is 0 Å². The Morgan fingerprint density at radius 3 is 2.88 bits per heavy atom. The van der Waals surface area contributed by atoms with E-state index in [1.807, 2.05) is 5.94 Å². The summed E-state index contributed by atoms with van der Waals surface area (Å²) < 4.78 is 0. The maximum Gasteiger partial charge on any atom is 0.124 e. The zero-order chi connectivity index (χ0) is 5.82. The molecule has 0 aromatic carbocycles. The van der Waals surface area contributed by atoms with Gasteiger partial charge in [-0.3, -0.25) is 0 Å². The van der Waals surface area contributed by atoms with Crippen molar-refractivity contribution in [2.45, 2.75) is 12.8 Å². The lowest BCUT2D eigenvalue weighted by atomic mass is 10.1. The van der Waals surface area contributed by atoms with Gasteiger partial charge in [0.1, 0.15) is 5.94 Å². The Balaban J connectivity index is 2.45. The first-order chi connectivity index (χ1) is 3.93. The average Bonchev–Trinajstić information content (AvgIpc) is 1.90. The summed E-state index contributed by atoms with van der Waals surface area (Å²) >= 11 is 0. The van der Waals surface area contributed by atoms with Crippen LogP contribution >= 0.6 is 0 Å². The first kappa shape index (κ1) is 5.54. The van der Waals surface area contributed by atoms with E-state index in [2.05, 4.69) is 5.32 Å². The van der Waals surface area contributed by atoms with Gasteiger partial charge in [-0.1, -0.05) is 0 Å². The highest BCUT2D eigenvalue weighted by Gasteiger charge is 2.02. The number of carbonyl (C=O) groups excluding carboxylic acids is 1. The van der Waals surface area contributed by atoms with Gasteiger partial charge in [-0.05, 0) is 19.4 Å². The van der Waals surface area contributed by atoms with Crippen molar-refractivity contribution in [3.63, 3.8) is 0 Å². The van der Waals surface area contributed by atoms with E-state index in [1.54, 1.807) is 0 Å². The summed E-state index contributed by atoms with van der Waals surface area (Å²) in [4.78, 5) is 9.96. The minimum absolute atomic E-state index is 0.753. The third-order valence-electron chi connectivity index (χ3n) is 1.31. The average molecular weight is 111 g/mol. The second-order valence-corrected chi connectivity index (χ2v) is 1.99. The number of hydrogen-bond acceptors (Lipinski definition) is 2. The van der Waals surface area contributed by atoms with Crippen LogP contribution in [0.4, 0.5) is 0 Å². The van der Waals surface area contributed by atoms with Crippen molar-refractivity contribution in [1.82, 2.24) is 5.32 Å². The van der Waals surface area contributed by atoms with Crippen molar-refractivity contribution < 1.29 is 4.79 Å². The van der Waals surface area contributed by atoms with Crippen molar-refractivity contribution >= 4 is 5.94 Å².